The topological polar surface area (TPSA) is 44.1 Å². The van der Waals surface area contributed by atoms with Crippen LogP contribution in [0, 0.1) is 0 Å². The van der Waals surface area contributed by atoms with Crippen LogP contribution in [0.1, 0.15) is 37.2 Å². The fraction of sp³-hybridized carbons (Fsp3) is 0.263. The Morgan fingerprint density at radius 1 is 1.21 bits per heavy atom. The molecule has 3 rings (SSSR count). The van der Waals surface area contributed by atoms with Gasteiger partial charge in [-0.2, -0.15) is 0 Å². The van der Waals surface area contributed by atoms with E-state index < -0.39 is 0 Å². The van der Waals surface area contributed by atoms with Gasteiger partial charge in [0.05, 0.1) is 23.2 Å². The molecule has 0 saturated heterocycles. The van der Waals surface area contributed by atoms with Crippen molar-refractivity contribution in [2.24, 2.45) is 0 Å². The monoisotopic (exact) mass is 342 g/mol. The van der Waals surface area contributed by atoms with Gasteiger partial charge in [-0.05, 0) is 51.1 Å². The van der Waals surface area contributed by atoms with Gasteiger partial charge < -0.3 is 9.30 Å². The van der Waals surface area contributed by atoms with E-state index in [9.17, 15) is 4.79 Å². The van der Waals surface area contributed by atoms with E-state index in [1.807, 2.05) is 30.3 Å². The maximum absolute atomic E-state index is 11.8. The van der Waals surface area contributed by atoms with Gasteiger partial charge in [0, 0.05) is 16.6 Å². The number of imidazole rings is 1. The number of benzene rings is 2. The number of nitrogens with zero attached hydrogens (tertiary/aromatic N) is 2. The Hall–Kier alpha value is -2.33. The third-order valence-corrected chi connectivity index (χ3v) is 4.06. The molecule has 4 nitrogen and oxygen atoms in total. The second-order valence-corrected chi connectivity index (χ2v) is 6.27. The standard InChI is InChI=1S/C19H19ClN2O2/c1-4-24-19(23)14-7-5-13(6-8-14)18-21-16-11-15(20)9-10-17(16)22(18)12(2)3/h5-12H,4H2,1-3H3. The molecule has 0 aliphatic carbocycles. The Kier molecular flexibility index (Phi) is 4.58. The minimum Gasteiger partial charge on any atom is -0.462 e. The van der Waals surface area contributed by atoms with Crippen LogP contribution in [-0.4, -0.2) is 22.1 Å². The number of aromatic nitrogens is 2. The van der Waals surface area contributed by atoms with Crippen LogP contribution in [0.25, 0.3) is 22.4 Å². The molecule has 124 valence electrons. The largest absolute Gasteiger partial charge is 0.462 e. The lowest BCUT2D eigenvalue weighted by Gasteiger charge is -2.13. The van der Waals surface area contributed by atoms with Crippen LogP contribution < -0.4 is 0 Å². The Bertz CT molecular complexity index is 882. The summed E-state index contributed by atoms with van der Waals surface area (Å²) in [5.74, 6) is 0.547. The van der Waals surface area contributed by atoms with Crippen LogP contribution in [0.2, 0.25) is 5.02 Å². The maximum atomic E-state index is 11.8. The van der Waals surface area contributed by atoms with Crippen molar-refractivity contribution >= 4 is 28.6 Å². The number of hydrogen-bond donors (Lipinski definition) is 0. The second kappa shape index (κ2) is 6.65. The van der Waals surface area contributed by atoms with Gasteiger partial charge in [0.2, 0.25) is 0 Å². The van der Waals surface area contributed by atoms with E-state index in [4.69, 9.17) is 21.3 Å². The maximum Gasteiger partial charge on any atom is 0.338 e. The highest BCUT2D eigenvalue weighted by Crippen LogP contribution is 2.30. The van der Waals surface area contributed by atoms with Crippen molar-refractivity contribution in [2.45, 2.75) is 26.8 Å². The lowest BCUT2D eigenvalue weighted by atomic mass is 10.1. The first-order valence-electron chi connectivity index (χ1n) is 7.96. The van der Waals surface area contributed by atoms with Crippen molar-refractivity contribution in [3.63, 3.8) is 0 Å². The summed E-state index contributed by atoms with van der Waals surface area (Å²) in [6, 6.07) is 13.3. The lowest BCUT2D eigenvalue weighted by molar-refractivity contribution is 0.0526. The molecule has 24 heavy (non-hydrogen) atoms. The SMILES string of the molecule is CCOC(=O)c1ccc(-c2nc3cc(Cl)ccc3n2C(C)C)cc1. The Morgan fingerprint density at radius 3 is 2.54 bits per heavy atom. The average molecular weight is 343 g/mol. The molecule has 0 N–H and O–H groups in total. The molecule has 0 bridgehead atoms. The fourth-order valence-electron chi connectivity index (χ4n) is 2.77. The summed E-state index contributed by atoms with van der Waals surface area (Å²) in [7, 11) is 0. The predicted molar refractivity (Wildman–Crippen MR) is 96.5 cm³/mol. The van der Waals surface area contributed by atoms with Crippen LogP contribution in [0.4, 0.5) is 0 Å². The quantitative estimate of drug-likeness (QED) is 0.618. The van der Waals surface area contributed by atoms with Gasteiger partial charge in [0.15, 0.2) is 0 Å². The molecular weight excluding hydrogens is 324 g/mol. The van der Waals surface area contributed by atoms with Crippen LogP contribution in [0.5, 0.6) is 0 Å². The summed E-state index contributed by atoms with van der Waals surface area (Å²) in [5, 5.41) is 0.667. The Balaban J connectivity index is 2.08. The highest BCUT2D eigenvalue weighted by molar-refractivity contribution is 6.31. The molecule has 0 amide bonds. The van der Waals surface area contributed by atoms with Crippen LogP contribution in [-0.2, 0) is 4.74 Å². The molecule has 5 heteroatoms. The highest BCUT2D eigenvalue weighted by Gasteiger charge is 2.16. The first-order valence-corrected chi connectivity index (χ1v) is 8.34. The number of carbonyl (C=O) groups is 1. The third kappa shape index (κ3) is 3.02. The zero-order valence-corrected chi connectivity index (χ0v) is 14.7. The lowest BCUT2D eigenvalue weighted by Crippen LogP contribution is -2.05. The molecule has 1 heterocycles. The summed E-state index contributed by atoms with van der Waals surface area (Å²) in [6.07, 6.45) is 0. The number of carbonyl (C=O) groups excluding carboxylic acids is 1. The molecule has 0 radical (unpaired) electrons. The summed E-state index contributed by atoms with van der Waals surface area (Å²) in [5.41, 5.74) is 3.39. The molecule has 0 aliphatic heterocycles. The summed E-state index contributed by atoms with van der Waals surface area (Å²) >= 11 is 6.09. The van der Waals surface area contributed by atoms with Gasteiger partial charge in [-0.3, -0.25) is 0 Å². The summed E-state index contributed by atoms with van der Waals surface area (Å²) in [4.78, 5) is 16.5. The summed E-state index contributed by atoms with van der Waals surface area (Å²) in [6.45, 7) is 6.39. The molecule has 2 aromatic carbocycles. The highest BCUT2D eigenvalue weighted by atomic mass is 35.5. The van der Waals surface area contributed by atoms with Crippen LogP contribution >= 0.6 is 11.6 Å². The van der Waals surface area contributed by atoms with Gasteiger partial charge in [-0.15, -0.1) is 0 Å². The van der Waals surface area contributed by atoms with E-state index in [2.05, 4.69) is 18.4 Å². The van der Waals surface area contributed by atoms with E-state index in [0.29, 0.717) is 17.2 Å². The molecule has 0 fully saturated rings. The number of hydrogen-bond acceptors (Lipinski definition) is 3. The smallest absolute Gasteiger partial charge is 0.338 e. The molecular formula is C19H19ClN2O2. The van der Waals surface area contributed by atoms with Gasteiger partial charge in [0.1, 0.15) is 5.82 Å². The van der Waals surface area contributed by atoms with E-state index in [1.54, 1.807) is 19.1 Å². The number of halogens is 1. The van der Waals surface area contributed by atoms with Gasteiger partial charge in [-0.25, -0.2) is 9.78 Å². The van der Waals surface area contributed by atoms with E-state index in [1.165, 1.54) is 0 Å². The molecule has 0 unspecified atom stereocenters. The average Bonchev–Trinajstić information content (AvgIpc) is 2.93. The number of fused-ring (bicyclic) bond motifs is 1. The first kappa shape index (κ1) is 16.5. The third-order valence-electron chi connectivity index (χ3n) is 3.82. The molecule has 0 aliphatic rings. The van der Waals surface area contributed by atoms with Crippen molar-refractivity contribution in [3.8, 4) is 11.4 Å². The predicted octanol–water partition coefficient (Wildman–Crippen LogP) is 5.11. The molecule has 0 spiro atoms. The van der Waals surface area contributed by atoms with Crippen molar-refractivity contribution in [3.05, 3.63) is 53.1 Å². The minimum absolute atomic E-state index is 0.246. The van der Waals surface area contributed by atoms with Crippen molar-refractivity contribution in [1.82, 2.24) is 9.55 Å². The Morgan fingerprint density at radius 2 is 1.92 bits per heavy atom. The van der Waals surface area contributed by atoms with Crippen molar-refractivity contribution < 1.29 is 9.53 Å². The number of rotatable bonds is 4. The van der Waals surface area contributed by atoms with Gasteiger partial charge >= 0.3 is 5.97 Å². The second-order valence-electron chi connectivity index (χ2n) is 5.83. The van der Waals surface area contributed by atoms with E-state index in [0.717, 1.165) is 22.4 Å². The molecule has 1 aromatic heterocycles. The number of esters is 1. The summed E-state index contributed by atoms with van der Waals surface area (Å²) < 4.78 is 7.19. The van der Waals surface area contributed by atoms with Crippen LogP contribution in [0.15, 0.2) is 42.5 Å². The molecule has 0 atom stereocenters. The van der Waals surface area contributed by atoms with Crippen molar-refractivity contribution in [2.75, 3.05) is 6.61 Å². The van der Waals surface area contributed by atoms with Gasteiger partial charge in [0.25, 0.3) is 0 Å². The van der Waals surface area contributed by atoms with Gasteiger partial charge in [-0.1, -0.05) is 23.7 Å². The minimum atomic E-state index is -0.312. The van der Waals surface area contributed by atoms with Crippen LogP contribution in [0.3, 0.4) is 0 Å². The Labute approximate surface area is 146 Å². The van der Waals surface area contributed by atoms with E-state index >= 15 is 0 Å². The fourth-order valence-corrected chi connectivity index (χ4v) is 2.93. The van der Waals surface area contributed by atoms with Crippen molar-refractivity contribution in [1.29, 1.82) is 0 Å². The zero-order valence-electron chi connectivity index (χ0n) is 13.9. The normalized spacial score (nSPS) is 11.2. The molecule has 0 saturated carbocycles. The first-order chi connectivity index (χ1) is 11.5. The zero-order chi connectivity index (χ0) is 17.3. The molecule has 3 aromatic rings. The number of ether oxygens (including phenoxy) is 1. The van der Waals surface area contributed by atoms with E-state index in [-0.39, 0.29) is 12.0 Å².